The average molecular weight is 994 g/mol. The maximum Gasteiger partial charge on any atom is 0.341 e. The number of carbonyl (C=O) groups is 2. The fraction of sp³-hybridized carbons (Fsp3) is 0.860. The SMILES string of the molecule is CCCCCCCCCCCCCCCCCC(=O)NC(=O)c1c(CCCCCCCC)c(CCCCCCCC)c(CCCCCCCC)c(CCCCCCCC)c1I(=O)=O. The van der Waals surface area contributed by atoms with E-state index in [2.05, 4.69) is 39.9 Å². The number of halogens is 1. The molecule has 0 saturated heterocycles. The van der Waals surface area contributed by atoms with Crippen molar-refractivity contribution in [2.24, 2.45) is 0 Å². The van der Waals surface area contributed by atoms with Gasteiger partial charge in [0.15, 0.2) is 0 Å². The topological polar surface area (TPSA) is 80.3 Å². The van der Waals surface area contributed by atoms with Gasteiger partial charge in [-0.2, -0.15) is 0 Å². The van der Waals surface area contributed by atoms with Crippen LogP contribution in [0.4, 0.5) is 0 Å². The van der Waals surface area contributed by atoms with Crippen LogP contribution in [0.25, 0.3) is 0 Å². The van der Waals surface area contributed by atoms with E-state index < -0.39 is 25.7 Å². The lowest BCUT2D eigenvalue weighted by atomic mass is 9.82. The Labute approximate surface area is 399 Å². The first-order valence-corrected chi connectivity index (χ1v) is 30.8. The lowest BCUT2D eigenvalue weighted by Crippen LogP contribution is -2.33. The van der Waals surface area contributed by atoms with Gasteiger partial charge < -0.3 is 0 Å². The zero-order chi connectivity index (χ0) is 46.0. The van der Waals surface area contributed by atoms with E-state index in [9.17, 15) is 15.7 Å². The first-order chi connectivity index (χ1) is 30.9. The summed E-state index contributed by atoms with van der Waals surface area (Å²) in [6.45, 7) is 11.3. The van der Waals surface area contributed by atoms with E-state index in [0.29, 0.717) is 28.4 Å². The molecule has 5 nitrogen and oxygen atoms in total. The van der Waals surface area contributed by atoms with Crippen LogP contribution in [0.2, 0.25) is 0 Å². The zero-order valence-corrected chi connectivity index (χ0v) is 44.8. The van der Waals surface area contributed by atoms with Crippen molar-refractivity contribution in [2.45, 2.75) is 317 Å². The minimum atomic E-state index is -4.16. The number of benzene rings is 1. The quantitative estimate of drug-likeness (QED) is 0.0521. The Kier molecular flexibility index (Phi) is 41.0. The second-order valence-corrected chi connectivity index (χ2v) is 21.8. The predicted molar refractivity (Wildman–Crippen MR) is 281 cm³/mol. The first kappa shape index (κ1) is 59.7. The monoisotopic (exact) mass is 994 g/mol. The number of carbonyl (C=O) groups excluding carboxylic acids is 2. The Morgan fingerprint density at radius 2 is 0.587 bits per heavy atom. The van der Waals surface area contributed by atoms with Crippen LogP contribution in [0.1, 0.15) is 324 Å². The third-order valence-corrected chi connectivity index (χ3v) is 15.7. The lowest BCUT2D eigenvalue weighted by Gasteiger charge is -2.25. The van der Waals surface area contributed by atoms with Crippen molar-refractivity contribution >= 4 is 31.6 Å². The summed E-state index contributed by atoms with van der Waals surface area (Å²) in [6.07, 6.45) is 50.5. The third-order valence-electron chi connectivity index (χ3n) is 13.6. The van der Waals surface area contributed by atoms with E-state index in [4.69, 9.17) is 0 Å². The van der Waals surface area contributed by atoms with Gasteiger partial charge in [0.25, 0.3) is 5.91 Å². The van der Waals surface area contributed by atoms with Crippen LogP contribution in [-0.2, 0) is 36.6 Å². The van der Waals surface area contributed by atoms with Gasteiger partial charge in [-0.1, -0.05) is 253 Å². The van der Waals surface area contributed by atoms with Crippen LogP contribution in [0.3, 0.4) is 0 Å². The van der Waals surface area contributed by atoms with E-state index in [1.54, 1.807) is 0 Å². The number of imide groups is 1. The molecule has 1 N–H and O–H groups in total. The number of hydrogen-bond acceptors (Lipinski definition) is 4. The molecule has 0 aliphatic heterocycles. The maximum absolute atomic E-state index is 14.6. The smallest absolute Gasteiger partial charge is 0.292 e. The van der Waals surface area contributed by atoms with Crippen molar-refractivity contribution in [1.29, 1.82) is 0 Å². The van der Waals surface area contributed by atoms with Crippen molar-refractivity contribution in [3.8, 4) is 0 Å². The minimum Gasteiger partial charge on any atom is -0.292 e. The number of amides is 2. The molecule has 0 saturated carbocycles. The van der Waals surface area contributed by atoms with Crippen molar-refractivity contribution in [1.82, 2.24) is 5.32 Å². The molecular weight excluding hydrogens is 890 g/mol. The molecule has 0 spiro atoms. The molecule has 0 aliphatic carbocycles. The second kappa shape index (κ2) is 43.3. The van der Waals surface area contributed by atoms with Crippen molar-refractivity contribution < 1.29 is 15.7 Å². The highest BCUT2D eigenvalue weighted by molar-refractivity contribution is 14.2. The summed E-state index contributed by atoms with van der Waals surface area (Å²) >= 11 is -4.16. The summed E-state index contributed by atoms with van der Waals surface area (Å²) in [5.74, 6) is -0.708. The molecule has 63 heavy (non-hydrogen) atoms. The molecule has 0 unspecified atom stereocenters. The molecule has 2 amide bonds. The largest absolute Gasteiger partial charge is 0.341 e. The van der Waals surface area contributed by atoms with Crippen molar-refractivity contribution in [3.63, 3.8) is 0 Å². The highest BCUT2D eigenvalue weighted by Crippen LogP contribution is 2.38. The summed E-state index contributed by atoms with van der Waals surface area (Å²) in [4.78, 5) is 28.1. The fourth-order valence-corrected chi connectivity index (χ4v) is 11.9. The van der Waals surface area contributed by atoms with E-state index in [1.807, 2.05) is 0 Å². The van der Waals surface area contributed by atoms with Crippen LogP contribution in [-0.4, -0.2) is 11.8 Å². The molecule has 1 aromatic carbocycles. The number of unbranched alkanes of at least 4 members (excludes halogenated alkanes) is 34. The summed E-state index contributed by atoms with van der Waals surface area (Å²) in [6, 6.07) is 0. The van der Waals surface area contributed by atoms with Crippen LogP contribution in [0, 0.1) is 3.57 Å². The lowest BCUT2D eigenvalue weighted by molar-refractivity contribution is -0.120. The third kappa shape index (κ3) is 29.8. The molecular formula is C57H104INO4. The maximum atomic E-state index is 14.6. The Morgan fingerprint density at radius 1 is 0.333 bits per heavy atom. The summed E-state index contributed by atoms with van der Waals surface area (Å²) in [5, 5.41) is 2.80. The number of nitrogens with one attached hydrogen (secondary N) is 1. The van der Waals surface area contributed by atoms with E-state index in [-0.39, 0.29) is 5.91 Å². The minimum absolute atomic E-state index is 0.255. The summed E-state index contributed by atoms with van der Waals surface area (Å²) in [7, 11) is 0. The molecule has 1 aromatic rings. The highest BCUT2D eigenvalue weighted by Gasteiger charge is 2.30. The fourth-order valence-electron chi connectivity index (χ4n) is 9.72. The molecule has 0 heterocycles. The second-order valence-electron chi connectivity index (χ2n) is 19.5. The number of hydrogen-bond donors (Lipinski definition) is 1. The van der Waals surface area contributed by atoms with Crippen LogP contribution >= 0.6 is 19.8 Å². The molecule has 0 fully saturated rings. The van der Waals surface area contributed by atoms with Gasteiger partial charge in [0.2, 0.25) is 5.91 Å². The summed E-state index contributed by atoms with van der Waals surface area (Å²) < 4.78 is 27.9. The Morgan fingerprint density at radius 3 is 0.905 bits per heavy atom. The van der Waals surface area contributed by atoms with Gasteiger partial charge in [-0.05, 0) is 80.0 Å². The van der Waals surface area contributed by atoms with E-state index >= 15 is 0 Å². The van der Waals surface area contributed by atoms with Gasteiger partial charge in [0.05, 0.1) is 9.13 Å². The van der Waals surface area contributed by atoms with Crippen LogP contribution < -0.4 is 5.32 Å². The Balaban J connectivity index is 3.35. The van der Waals surface area contributed by atoms with Gasteiger partial charge in [-0.15, -0.1) is 0 Å². The molecule has 0 radical (unpaired) electrons. The molecule has 1 rings (SSSR count). The molecule has 0 atom stereocenters. The first-order valence-electron chi connectivity index (χ1n) is 28.0. The average Bonchev–Trinajstić information content (AvgIpc) is 3.27. The van der Waals surface area contributed by atoms with Crippen LogP contribution in [0.5, 0.6) is 0 Å². The highest BCUT2D eigenvalue weighted by atomic mass is 127. The molecule has 368 valence electrons. The summed E-state index contributed by atoms with van der Waals surface area (Å²) in [5.41, 5.74) is 4.81. The van der Waals surface area contributed by atoms with E-state index in [1.165, 1.54) is 178 Å². The van der Waals surface area contributed by atoms with Crippen molar-refractivity contribution in [3.05, 3.63) is 31.4 Å². The predicted octanol–water partition coefficient (Wildman–Crippen LogP) is 19.2. The van der Waals surface area contributed by atoms with Crippen LogP contribution in [0.15, 0.2) is 0 Å². The van der Waals surface area contributed by atoms with Gasteiger partial charge in [-0.3, -0.25) is 14.9 Å². The number of rotatable bonds is 46. The standard InChI is InChI=1S/C57H104INO4/c1-6-11-16-21-26-27-28-29-30-31-32-33-34-39-44-49-54(60)59-57(61)55-52(47-42-37-24-19-14-9-4)50(45-40-35-22-17-12-7-2)51(46-41-36-23-18-13-8-3)53(56(55)58(62)63)48-43-38-25-20-15-10-5/h6-49H2,1-5H3,(H,59,60,61). The normalized spacial score (nSPS) is 11.6. The Bertz CT molecular complexity index is 1330. The molecule has 0 aromatic heterocycles. The van der Waals surface area contributed by atoms with Gasteiger partial charge in [0.1, 0.15) is 0 Å². The van der Waals surface area contributed by atoms with Gasteiger partial charge >= 0.3 is 19.8 Å². The molecule has 6 heteroatoms. The molecule has 0 bridgehead atoms. The van der Waals surface area contributed by atoms with E-state index in [0.717, 1.165) is 107 Å². The van der Waals surface area contributed by atoms with Crippen molar-refractivity contribution in [2.75, 3.05) is 0 Å². The van der Waals surface area contributed by atoms with Gasteiger partial charge in [-0.25, -0.2) is 6.14 Å². The molecule has 0 aliphatic rings. The van der Waals surface area contributed by atoms with Gasteiger partial charge in [0, 0.05) is 6.42 Å². The zero-order valence-electron chi connectivity index (χ0n) is 42.6. The Hall–Kier alpha value is -1.31.